The van der Waals surface area contributed by atoms with Gasteiger partial charge in [-0.1, -0.05) is 110 Å². The number of nitrogens with one attached hydrogen (secondary N) is 1. The molecule has 0 unspecified atom stereocenters. The topological polar surface area (TPSA) is 75.3 Å². The summed E-state index contributed by atoms with van der Waals surface area (Å²) in [7, 11) is 0. The van der Waals surface area contributed by atoms with Crippen molar-refractivity contribution < 1.29 is 9.90 Å². The number of nitrogens with two attached hydrogens (primary N) is 1. The summed E-state index contributed by atoms with van der Waals surface area (Å²) in [5.41, 5.74) is 5.45. The molecule has 0 aliphatic heterocycles. The van der Waals surface area contributed by atoms with Gasteiger partial charge in [0.15, 0.2) is 0 Å². The Labute approximate surface area is 182 Å². The Kier molecular flexibility index (Phi) is 30.7. The maximum atomic E-state index is 9.79. The smallest absolute Gasteiger partial charge is 0.327 e. The summed E-state index contributed by atoms with van der Waals surface area (Å²) < 4.78 is 0. The first-order chi connectivity index (χ1) is 14.2. The van der Waals surface area contributed by atoms with Crippen LogP contribution in [0.2, 0.25) is 0 Å². The number of carboxylic acids is 1. The second kappa shape index (κ2) is 29.3. The van der Waals surface area contributed by atoms with Crippen LogP contribution in [0.25, 0.3) is 0 Å². The number of unbranched alkanes of at least 4 members (excludes halogenated alkanes) is 14. The van der Waals surface area contributed by atoms with Crippen molar-refractivity contribution in [1.29, 1.82) is 0 Å². The third-order valence-corrected chi connectivity index (χ3v) is 4.98. The van der Waals surface area contributed by atoms with Gasteiger partial charge >= 0.3 is 5.97 Å². The highest BCUT2D eigenvalue weighted by Crippen LogP contribution is 2.12. The molecule has 0 aromatic heterocycles. The summed E-state index contributed by atoms with van der Waals surface area (Å²) in [6.07, 6.45) is 25.9. The van der Waals surface area contributed by atoms with Gasteiger partial charge in [-0.2, -0.15) is 0 Å². The maximum Gasteiger partial charge on any atom is 0.327 e. The Bertz CT molecular complexity index is 315. The number of carbonyl (C=O) groups is 1. The van der Waals surface area contributed by atoms with Gasteiger partial charge in [0.1, 0.15) is 0 Å². The minimum absolute atomic E-state index is 0.811. The zero-order chi connectivity index (χ0) is 21.8. The molecule has 0 bridgehead atoms. The lowest BCUT2D eigenvalue weighted by molar-refractivity contribution is -0.131. The van der Waals surface area contributed by atoms with Crippen LogP contribution in [-0.2, 0) is 4.79 Å². The van der Waals surface area contributed by atoms with Crippen LogP contribution in [0.3, 0.4) is 0 Å². The Hall–Kier alpha value is -0.870. The summed E-state index contributed by atoms with van der Waals surface area (Å²) >= 11 is 0. The summed E-state index contributed by atoms with van der Waals surface area (Å²) in [6.45, 7) is 7.38. The molecule has 0 spiro atoms. The fourth-order valence-corrected chi connectivity index (χ4v) is 3.15. The fraction of sp³-hybridized carbons (Fsp3) is 0.880. The molecule has 0 aromatic rings. The van der Waals surface area contributed by atoms with Gasteiger partial charge in [0.05, 0.1) is 0 Å². The zero-order valence-corrected chi connectivity index (χ0v) is 19.7. The van der Waals surface area contributed by atoms with E-state index in [-0.39, 0.29) is 0 Å². The minimum Gasteiger partial charge on any atom is -0.478 e. The van der Waals surface area contributed by atoms with E-state index >= 15 is 0 Å². The Morgan fingerprint density at radius 3 is 1.59 bits per heavy atom. The number of hydrogen-bond donors (Lipinski definition) is 3. The van der Waals surface area contributed by atoms with Crippen molar-refractivity contribution in [1.82, 2.24) is 5.32 Å². The lowest BCUT2D eigenvalue weighted by Gasteiger charge is -2.04. The van der Waals surface area contributed by atoms with Crippen molar-refractivity contribution in [3.63, 3.8) is 0 Å². The van der Waals surface area contributed by atoms with Crippen LogP contribution in [0.15, 0.2) is 12.2 Å². The molecule has 0 heterocycles. The molecule has 0 rings (SSSR count). The first-order valence-electron chi connectivity index (χ1n) is 12.5. The Morgan fingerprint density at radius 1 is 0.724 bits per heavy atom. The van der Waals surface area contributed by atoms with E-state index in [1.165, 1.54) is 103 Å². The molecule has 0 radical (unpaired) electrons. The quantitative estimate of drug-likeness (QED) is 0.143. The van der Waals surface area contributed by atoms with Crippen molar-refractivity contribution in [3.05, 3.63) is 12.2 Å². The highest BCUT2D eigenvalue weighted by Gasteiger charge is 1.94. The summed E-state index contributed by atoms with van der Waals surface area (Å²) in [4.78, 5) is 9.79. The largest absolute Gasteiger partial charge is 0.478 e. The van der Waals surface area contributed by atoms with Crippen molar-refractivity contribution in [2.45, 2.75) is 123 Å². The van der Waals surface area contributed by atoms with Gasteiger partial charge in [-0.05, 0) is 38.9 Å². The molecule has 0 fully saturated rings. The van der Waals surface area contributed by atoms with E-state index in [0.29, 0.717) is 0 Å². The molecule has 174 valence electrons. The van der Waals surface area contributed by atoms with Crippen LogP contribution in [0.5, 0.6) is 0 Å². The monoisotopic (exact) mass is 412 g/mol. The molecule has 0 aliphatic rings. The van der Waals surface area contributed by atoms with E-state index in [2.05, 4.69) is 12.2 Å². The molecule has 29 heavy (non-hydrogen) atoms. The van der Waals surface area contributed by atoms with Crippen molar-refractivity contribution in [2.24, 2.45) is 5.73 Å². The molecule has 0 aliphatic carbocycles. The SMILES string of the molecule is CCCC=CC(=O)O.CCCCCCCCCCCCCCCCNCCCN. The van der Waals surface area contributed by atoms with E-state index in [0.717, 1.165) is 32.4 Å². The number of rotatable bonds is 21. The highest BCUT2D eigenvalue weighted by atomic mass is 16.4. The van der Waals surface area contributed by atoms with E-state index in [1.54, 1.807) is 6.08 Å². The summed E-state index contributed by atoms with van der Waals surface area (Å²) in [5, 5.41) is 11.5. The van der Waals surface area contributed by atoms with Crippen LogP contribution in [0, 0.1) is 0 Å². The van der Waals surface area contributed by atoms with Gasteiger partial charge in [0.2, 0.25) is 0 Å². The molecular formula is C25H52N2O2. The number of carboxylic acid groups (broad SMARTS) is 1. The molecule has 0 atom stereocenters. The molecular weight excluding hydrogens is 360 g/mol. The minimum atomic E-state index is -0.863. The van der Waals surface area contributed by atoms with Crippen molar-refractivity contribution in [2.75, 3.05) is 19.6 Å². The second-order valence-electron chi connectivity index (χ2n) is 8.02. The van der Waals surface area contributed by atoms with Gasteiger partial charge in [0.25, 0.3) is 0 Å². The van der Waals surface area contributed by atoms with E-state index in [1.807, 2.05) is 6.92 Å². The predicted molar refractivity (Wildman–Crippen MR) is 129 cm³/mol. The molecule has 0 saturated heterocycles. The Morgan fingerprint density at radius 2 is 1.17 bits per heavy atom. The van der Waals surface area contributed by atoms with Crippen LogP contribution in [0.4, 0.5) is 0 Å². The molecule has 4 heteroatoms. The second-order valence-corrected chi connectivity index (χ2v) is 8.02. The highest BCUT2D eigenvalue weighted by molar-refractivity contribution is 5.79. The standard InChI is InChI=1S/C19H42N2.C6H10O2/c1-2-3-4-5-6-7-8-9-10-11-12-13-14-15-18-21-19-16-17-20;1-2-3-4-5-6(7)8/h21H,2-20H2,1H3;4-5H,2-3H2,1H3,(H,7,8). The Balaban J connectivity index is 0. The normalized spacial score (nSPS) is 10.9. The van der Waals surface area contributed by atoms with Gasteiger partial charge < -0.3 is 16.2 Å². The van der Waals surface area contributed by atoms with Gasteiger partial charge in [-0.15, -0.1) is 0 Å². The van der Waals surface area contributed by atoms with E-state index in [9.17, 15) is 4.79 Å². The zero-order valence-electron chi connectivity index (χ0n) is 19.7. The van der Waals surface area contributed by atoms with Crippen LogP contribution < -0.4 is 11.1 Å². The number of aliphatic carboxylic acids is 1. The summed E-state index contributed by atoms with van der Waals surface area (Å²) in [5.74, 6) is -0.863. The lowest BCUT2D eigenvalue weighted by Crippen LogP contribution is -2.19. The third kappa shape index (κ3) is 35.0. The predicted octanol–water partition coefficient (Wildman–Crippen LogP) is 6.83. The van der Waals surface area contributed by atoms with Crippen molar-refractivity contribution >= 4 is 5.97 Å². The molecule has 4 nitrogen and oxygen atoms in total. The van der Waals surface area contributed by atoms with Gasteiger partial charge in [-0.25, -0.2) is 4.79 Å². The average molecular weight is 413 g/mol. The first kappa shape index (κ1) is 30.3. The number of hydrogen-bond acceptors (Lipinski definition) is 3. The third-order valence-electron chi connectivity index (χ3n) is 4.98. The van der Waals surface area contributed by atoms with Gasteiger partial charge in [-0.3, -0.25) is 0 Å². The molecule has 0 amide bonds. The molecule has 0 saturated carbocycles. The van der Waals surface area contributed by atoms with E-state index in [4.69, 9.17) is 10.8 Å². The molecule has 4 N–H and O–H groups in total. The summed E-state index contributed by atoms with van der Waals surface area (Å²) in [6, 6.07) is 0. The first-order valence-corrected chi connectivity index (χ1v) is 12.5. The average Bonchev–Trinajstić information content (AvgIpc) is 2.71. The maximum absolute atomic E-state index is 9.79. The van der Waals surface area contributed by atoms with Crippen molar-refractivity contribution in [3.8, 4) is 0 Å². The van der Waals surface area contributed by atoms with Crippen LogP contribution in [-0.4, -0.2) is 30.7 Å². The fourth-order valence-electron chi connectivity index (χ4n) is 3.15. The van der Waals surface area contributed by atoms with E-state index < -0.39 is 5.97 Å². The molecule has 0 aromatic carbocycles. The van der Waals surface area contributed by atoms with Crippen LogP contribution in [0.1, 0.15) is 123 Å². The number of allylic oxidation sites excluding steroid dienone is 1. The lowest BCUT2D eigenvalue weighted by atomic mass is 10.0. The van der Waals surface area contributed by atoms with Crippen LogP contribution >= 0.6 is 0 Å². The van der Waals surface area contributed by atoms with Gasteiger partial charge in [0, 0.05) is 6.08 Å².